The summed E-state index contributed by atoms with van der Waals surface area (Å²) in [6, 6.07) is 7.88. The molecule has 3 N–H and O–H groups in total. The van der Waals surface area contributed by atoms with Gasteiger partial charge in [0, 0.05) is 23.7 Å². The van der Waals surface area contributed by atoms with E-state index in [-0.39, 0.29) is 11.4 Å². The van der Waals surface area contributed by atoms with E-state index in [4.69, 9.17) is 5.73 Å². The van der Waals surface area contributed by atoms with Crippen LogP contribution in [-0.4, -0.2) is 10.5 Å². The van der Waals surface area contributed by atoms with E-state index < -0.39 is 5.91 Å². The number of pyridine rings is 1. The Hall–Kier alpha value is -2.67. The van der Waals surface area contributed by atoms with Crippen LogP contribution in [0.5, 0.6) is 0 Å². The van der Waals surface area contributed by atoms with Crippen molar-refractivity contribution in [3.05, 3.63) is 56.9 Å². The summed E-state index contributed by atoms with van der Waals surface area (Å²) >= 11 is 1.22. The Morgan fingerprint density at radius 1 is 1.35 bits per heavy atom. The number of fused-ring (bicyclic) bond motifs is 1. The van der Waals surface area contributed by atoms with Gasteiger partial charge in [0.25, 0.3) is 11.5 Å². The molecule has 0 bridgehead atoms. The lowest BCUT2D eigenvalue weighted by Crippen LogP contribution is -2.19. The largest absolute Gasteiger partial charge is 0.365 e. The highest BCUT2D eigenvalue weighted by Crippen LogP contribution is 2.38. The molecule has 2 heterocycles. The van der Waals surface area contributed by atoms with Crippen LogP contribution in [-0.2, 0) is 6.54 Å². The highest BCUT2D eigenvalue weighted by Gasteiger charge is 2.25. The van der Waals surface area contributed by atoms with Gasteiger partial charge in [-0.05, 0) is 55.5 Å². The molecule has 5 nitrogen and oxygen atoms in total. The number of amides is 1. The molecule has 0 spiro atoms. The standard InChI is InChI=1S/C19H18FN3O2S/c1-10-8-12(4-6-14(10)20)22-16-13-5-7-15(24)23(9-11-2-3-11)19(13)26-17(16)18(21)25/h4-8,11,22H,2-3,9H2,1H3,(H2,21,25). The van der Waals surface area contributed by atoms with Crippen LogP contribution in [0.25, 0.3) is 10.2 Å². The second-order valence-electron chi connectivity index (χ2n) is 6.70. The van der Waals surface area contributed by atoms with Gasteiger partial charge >= 0.3 is 0 Å². The molecular formula is C19H18FN3O2S. The van der Waals surface area contributed by atoms with Crippen molar-refractivity contribution in [2.45, 2.75) is 26.3 Å². The van der Waals surface area contributed by atoms with Crippen molar-refractivity contribution >= 4 is 38.8 Å². The van der Waals surface area contributed by atoms with E-state index in [1.54, 1.807) is 29.7 Å². The van der Waals surface area contributed by atoms with E-state index in [0.717, 1.165) is 23.1 Å². The fourth-order valence-corrected chi connectivity index (χ4v) is 4.14. The van der Waals surface area contributed by atoms with Gasteiger partial charge in [0.1, 0.15) is 15.5 Å². The minimum absolute atomic E-state index is 0.0779. The summed E-state index contributed by atoms with van der Waals surface area (Å²) < 4.78 is 15.3. The minimum Gasteiger partial charge on any atom is -0.365 e. The van der Waals surface area contributed by atoms with Crippen molar-refractivity contribution in [3.63, 3.8) is 0 Å². The number of aromatic nitrogens is 1. The molecule has 26 heavy (non-hydrogen) atoms. The molecule has 7 heteroatoms. The third kappa shape index (κ3) is 2.99. The van der Waals surface area contributed by atoms with E-state index in [1.807, 2.05) is 0 Å². The molecule has 1 amide bonds. The van der Waals surface area contributed by atoms with E-state index in [0.29, 0.717) is 34.3 Å². The molecule has 0 radical (unpaired) electrons. The molecule has 134 valence electrons. The zero-order chi connectivity index (χ0) is 18.4. The number of aryl methyl sites for hydroxylation is 1. The summed E-state index contributed by atoms with van der Waals surface area (Å²) in [6.07, 6.45) is 2.24. The number of rotatable bonds is 5. The number of benzene rings is 1. The number of halogens is 1. The van der Waals surface area contributed by atoms with Crippen LogP contribution in [0.2, 0.25) is 0 Å². The summed E-state index contributed by atoms with van der Waals surface area (Å²) in [5, 5.41) is 3.96. The molecule has 1 aliphatic carbocycles. The van der Waals surface area contributed by atoms with E-state index >= 15 is 0 Å². The van der Waals surface area contributed by atoms with Crippen LogP contribution in [0.15, 0.2) is 35.1 Å². The van der Waals surface area contributed by atoms with Gasteiger partial charge in [0.05, 0.1) is 5.69 Å². The Kier molecular flexibility index (Phi) is 4.03. The Morgan fingerprint density at radius 2 is 2.12 bits per heavy atom. The molecule has 1 aliphatic rings. The number of nitrogens with two attached hydrogens (primary N) is 1. The Labute approximate surface area is 153 Å². The molecule has 0 saturated heterocycles. The number of carbonyl (C=O) groups excluding carboxylic acids is 1. The molecule has 1 aromatic carbocycles. The van der Waals surface area contributed by atoms with Crippen molar-refractivity contribution in [2.24, 2.45) is 11.7 Å². The normalized spacial score (nSPS) is 13.9. The van der Waals surface area contributed by atoms with Gasteiger partial charge in [-0.2, -0.15) is 0 Å². The summed E-state index contributed by atoms with van der Waals surface area (Å²) in [5.41, 5.74) is 7.22. The molecular weight excluding hydrogens is 353 g/mol. The lowest BCUT2D eigenvalue weighted by atomic mass is 10.2. The van der Waals surface area contributed by atoms with Gasteiger partial charge < -0.3 is 11.1 Å². The number of hydrogen-bond donors (Lipinski definition) is 2. The average molecular weight is 371 g/mol. The number of nitrogens with one attached hydrogen (secondary N) is 1. The number of hydrogen-bond acceptors (Lipinski definition) is 4. The van der Waals surface area contributed by atoms with Crippen molar-refractivity contribution in [1.82, 2.24) is 4.57 Å². The predicted octanol–water partition coefficient (Wildman–Crippen LogP) is 3.76. The lowest BCUT2D eigenvalue weighted by Gasteiger charge is -2.09. The summed E-state index contributed by atoms with van der Waals surface area (Å²) in [6.45, 7) is 2.33. The van der Waals surface area contributed by atoms with Crippen LogP contribution in [0.1, 0.15) is 28.1 Å². The first kappa shape index (κ1) is 16.8. The van der Waals surface area contributed by atoms with Crippen LogP contribution in [0, 0.1) is 18.7 Å². The van der Waals surface area contributed by atoms with Crippen molar-refractivity contribution in [1.29, 1.82) is 0 Å². The third-order valence-corrected chi connectivity index (χ3v) is 5.86. The van der Waals surface area contributed by atoms with Gasteiger partial charge in [-0.3, -0.25) is 14.2 Å². The molecule has 1 fully saturated rings. The molecule has 0 aliphatic heterocycles. The van der Waals surface area contributed by atoms with E-state index in [2.05, 4.69) is 5.32 Å². The van der Waals surface area contributed by atoms with E-state index in [9.17, 15) is 14.0 Å². The molecule has 0 atom stereocenters. The summed E-state index contributed by atoms with van der Waals surface area (Å²) in [4.78, 5) is 25.4. The van der Waals surface area contributed by atoms with E-state index in [1.165, 1.54) is 23.5 Å². The van der Waals surface area contributed by atoms with Gasteiger partial charge in [-0.15, -0.1) is 11.3 Å². The lowest BCUT2D eigenvalue weighted by molar-refractivity contribution is 0.100. The topological polar surface area (TPSA) is 77.1 Å². The molecule has 4 rings (SSSR count). The van der Waals surface area contributed by atoms with Gasteiger partial charge in [0.2, 0.25) is 0 Å². The van der Waals surface area contributed by atoms with Crippen LogP contribution in [0.3, 0.4) is 0 Å². The van der Waals surface area contributed by atoms with Crippen molar-refractivity contribution < 1.29 is 9.18 Å². The zero-order valence-electron chi connectivity index (χ0n) is 14.2. The van der Waals surface area contributed by atoms with Gasteiger partial charge in [0.15, 0.2) is 0 Å². The summed E-state index contributed by atoms with van der Waals surface area (Å²) in [5.74, 6) is -0.328. The first-order chi connectivity index (χ1) is 12.4. The van der Waals surface area contributed by atoms with Crippen molar-refractivity contribution in [3.8, 4) is 0 Å². The Balaban J connectivity index is 1.86. The molecule has 1 saturated carbocycles. The smallest absolute Gasteiger partial charge is 0.261 e. The highest BCUT2D eigenvalue weighted by atomic mass is 32.1. The number of carbonyl (C=O) groups is 1. The summed E-state index contributed by atoms with van der Waals surface area (Å²) in [7, 11) is 0. The number of primary amides is 1. The fraction of sp³-hybridized carbons (Fsp3) is 0.263. The maximum Gasteiger partial charge on any atom is 0.261 e. The van der Waals surface area contributed by atoms with Crippen molar-refractivity contribution in [2.75, 3.05) is 5.32 Å². The number of thiophene rings is 1. The number of nitrogens with zero attached hydrogens (tertiary/aromatic N) is 1. The third-order valence-electron chi connectivity index (χ3n) is 4.62. The van der Waals surface area contributed by atoms with Gasteiger partial charge in [-0.1, -0.05) is 0 Å². The predicted molar refractivity (Wildman–Crippen MR) is 102 cm³/mol. The average Bonchev–Trinajstić information content (AvgIpc) is 3.34. The fourth-order valence-electron chi connectivity index (χ4n) is 3.03. The minimum atomic E-state index is -0.557. The SMILES string of the molecule is Cc1cc(Nc2c(C(N)=O)sc3c2ccc(=O)n3CC2CC2)ccc1F. The van der Waals surface area contributed by atoms with Crippen LogP contribution in [0.4, 0.5) is 15.8 Å². The quantitative estimate of drug-likeness (QED) is 0.717. The second kappa shape index (κ2) is 6.25. The van der Waals surface area contributed by atoms with Crippen LogP contribution < -0.4 is 16.6 Å². The maximum atomic E-state index is 13.5. The van der Waals surface area contributed by atoms with Gasteiger partial charge in [-0.25, -0.2) is 4.39 Å². The number of anilines is 2. The van der Waals surface area contributed by atoms with Crippen LogP contribution >= 0.6 is 11.3 Å². The monoisotopic (exact) mass is 371 g/mol. The Bertz CT molecular complexity index is 1080. The highest BCUT2D eigenvalue weighted by molar-refractivity contribution is 7.21. The Morgan fingerprint density at radius 3 is 2.77 bits per heavy atom. The second-order valence-corrected chi connectivity index (χ2v) is 7.70. The first-order valence-corrected chi connectivity index (χ1v) is 9.25. The zero-order valence-corrected chi connectivity index (χ0v) is 15.0. The first-order valence-electron chi connectivity index (χ1n) is 8.43. The molecule has 0 unspecified atom stereocenters. The molecule has 3 aromatic rings. The maximum absolute atomic E-state index is 13.5. The molecule has 2 aromatic heterocycles.